The van der Waals surface area contributed by atoms with Crippen molar-refractivity contribution in [3.8, 4) is 0 Å². The third kappa shape index (κ3) is 3.40. The Morgan fingerprint density at radius 3 is 2.14 bits per heavy atom. The van der Waals surface area contributed by atoms with Crippen LogP contribution in [0.2, 0.25) is 5.02 Å². The Labute approximate surface area is 123 Å². The fourth-order valence-corrected chi connectivity index (χ4v) is 3.16. The highest BCUT2D eigenvalue weighted by atomic mass is 35.5. The molecule has 0 aliphatic rings. The summed E-state index contributed by atoms with van der Waals surface area (Å²) >= 11 is 5.65. The average Bonchev–Trinajstić information content (AvgIpc) is 2.31. The minimum absolute atomic E-state index is 0.341. The van der Waals surface area contributed by atoms with E-state index in [0.717, 1.165) is 24.3 Å². The molecule has 3 N–H and O–H groups in total. The van der Waals surface area contributed by atoms with Crippen LogP contribution in [0, 0.1) is 17.5 Å². The standard InChI is InChI=1S/C12H8ClF3N2O2S/c13-9-4-10(16)11(17)5-12(9)21(19,20)18-8-2-6(14)1-7(15)3-8/h1-5,18H,17H2. The van der Waals surface area contributed by atoms with E-state index in [0.29, 0.717) is 6.07 Å². The van der Waals surface area contributed by atoms with E-state index >= 15 is 0 Å². The van der Waals surface area contributed by atoms with E-state index in [2.05, 4.69) is 0 Å². The predicted molar refractivity (Wildman–Crippen MR) is 73.0 cm³/mol. The van der Waals surface area contributed by atoms with Gasteiger partial charge < -0.3 is 5.73 Å². The molecule has 0 saturated heterocycles. The molecule has 0 aliphatic carbocycles. The van der Waals surface area contributed by atoms with Gasteiger partial charge in [0.2, 0.25) is 0 Å². The average molecular weight is 337 g/mol. The zero-order valence-electron chi connectivity index (χ0n) is 10.2. The van der Waals surface area contributed by atoms with Gasteiger partial charge in [0.25, 0.3) is 10.0 Å². The molecule has 0 amide bonds. The van der Waals surface area contributed by atoms with Crippen LogP contribution in [0.15, 0.2) is 35.2 Å². The fraction of sp³-hybridized carbons (Fsp3) is 0. The molecule has 0 saturated carbocycles. The van der Waals surface area contributed by atoms with Gasteiger partial charge in [0.1, 0.15) is 22.3 Å². The third-order valence-electron chi connectivity index (χ3n) is 2.46. The number of sulfonamides is 1. The van der Waals surface area contributed by atoms with Crippen molar-refractivity contribution in [2.45, 2.75) is 4.90 Å². The summed E-state index contributed by atoms with van der Waals surface area (Å²) in [6.45, 7) is 0. The summed E-state index contributed by atoms with van der Waals surface area (Å²) in [5.41, 5.74) is 4.51. The fourth-order valence-electron chi connectivity index (χ4n) is 1.57. The first-order valence-corrected chi connectivity index (χ1v) is 7.28. The van der Waals surface area contributed by atoms with E-state index in [1.807, 2.05) is 4.72 Å². The molecular formula is C12H8ClF3N2O2S. The molecule has 0 aromatic heterocycles. The second-order valence-electron chi connectivity index (χ2n) is 4.07. The number of hydrogen-bond acceptors (Lipinski definition) is 3. The van der Waals surface area contributed by atoms with Gasteiger partial charge >= 0.3 is 0 Å². The van der Waals surface area contributed by atoms with Crippen molar-refractivity contribution in [3.05, 3.63) is 52.8 Å². The first-order chi connectivity index (χ1) is 9.69. The Kier molecular flexibility index (Phi) is 4.02. The minimum Gasteiger partial charge on any atom is -0.396 e. The summed E-state index contributed by atoms with van der Waals surface area (Å²) in [7, 11) is -4.28. The number of nitrogens with two attached hydrogens (primary N) is 1. The summed E-state index contributed by atoms with van der Waals surface area (Å²) in [4.78, 5) is -0.507. The molecule has 112 valence electrons. The summed E-state index contributed by atoms with van der Waals surface area (Å²) in [5.74, 6) is -2.80. The second-order valence-corrected chi connectivity index (χ2v) is 6.13. The van der Waals surface area contributed by atoms with Crippen LogP contribution in [-0.2, 0) is 10.0 Å². The lowest BCUT2D eigenvalue weighted by Gasteiger charge is -2.11. The van der Waals surface area contributed by atoms with E-state index in [1.165, 1.54) is 0 Å². The van der Waals surface area contributed by atoms with Crippen molar-refractivity contribution in [1.29, 1.82) is 0 Å². The van der Waals surface area contributed by atoms with Gasteiger partial charge in [0, 0.05) is 6.07 Å². The quantitative estimate of drug-likeness (QED) is 0.846. The predicted octanol–water partition coefficient (Wildman–Crippen LogP) is 3.14. The molecule has 2 aromatic rings. The van der Waals surface area contributed by atoms with Gasteiger partial charge in [-0.2, -0.15) is 0 Å². The minimum atomic E-state index is -4.28. The molecule has 0 unspecified atom stereocenters. The van der Waals surface area contributed by atoms with Crippen molar-refractivity contribution < 1.29 is 21.6 Å². The van der Waals surface area contributed by atoms with Crippen LogP contribution in [-0.4, -0.2) is 8.42 Å². The highest BCUT2D eigenvalue weighted by Crippen LogP contribution is 2.28. The van der Waals surface area contributed by atoms with Crippen LogP contribution in [0.1, 0.15) is 0 Å². The van der Waals surface area contributed by atoms with Gasteiger partial charge in [-0.05, 0) is 24.3 Å². The molecule has 0 heterocycles. The summed E-state index contributed by atoms with van der Waals surface area (Å²) in [5, 5.41) is -0.411. The molecular weight excluding hydrogens is 329 g/mol. The maximum atomic E-state index is 13.2. The lowest BCUT2D eigenvalue weighted by atomic mass is 10.3. The zero-order chi connectivity index (χ0) is 15.8. The molecule has 0 aliphatic heterocycles. The van der Waals surface area contributed by atoms with Crippen LogP contribution in [0.5, 0.6) is 0 Å². The van der Waals surface area contributed by atoms with Crippen molar-refractivity contribution in [3.63, 3.8) is 0 Å². The Morgan fingerprint density at radius 2 is 1.57 bits per heavy atom. The number of hydrogen-bond donors (Lipinski definition) is 2. The smallest absolute Gasteiger partial charge is 0.263 e. The van der Waals surface area contributed by atoms with Gasteiger partial charge in [-0.1, -0.05) is 11.6 Å². The Morgan fingerprint density at radius 1 is 1.00 bits per heavy atom. The molecule has 0 fully saturated rings. The first kappa shape index (κ1) is 15.5. The SMILES string of the molecule is Nc1cc(S(=O)(=O)Nc2cc(F)cc(F)c2)c(Cl)cc1F. The van der Waals surface area contributed by atoms with E-state index in [4.69, 9.17) is 17.3 Å². The molecule has 2 aromatic carbocycles. The van der Waals surface area contributed by atoms with Gasteiger partial charge in [0.05, 0.1) is 16.4 Å². The third-order valence-corrected chi connectivity index (χ3v) is 4.30. The Balaban J connectivity index is 2.45. The number of halogens is 4. The van der Waals surface area contributed by atoms with Gasteiger partial charge in [-0.25, -0.2) is 21.6 Å². The van der Waals surface area contributed by atoms with E-state index < -0.39 is 43.1 Å². The molecule has 9 heteroatoms. The molecule has 0 spiro atoms. The van der Waals surface area contributed by atoms with Gasteiger partial charge in [-0.15, -0.1) is 0 Å². The molecule has 21 heavy (non-hydrogen) atoms. The van der Waals surface area contributed by atoms with Crippen molar-refractivity contribution >= 4 is 33.0 Å². The lowest BCUT2D eigenvalue weighted by Crippen LogP contribution is -2.14. The van der Waals surface area contributed by atoms with Crippen molar-refractivity contribution in [1.82, 2.24) is 0 Å². The number of benzene rings is 2. The molecule has 0 radical (unpaired) electrons. The van der Waals surface area contributed by atoms with Crippen LogP contribution >= 0.6 is 11.6 Å². The number of rotatable bonds is 3. The van der Waals surface area contributed by atoms with E-state index in [9.17, 15) is 21.6 Å². The van der Waals surface area contributed by atoms with Crippen LogP contribution in [0.4, 0.5) is 24.5 Å². The second kappa shape index (κ2) is 5.45. The largest absolute Gasteiger partial charge is 0.396 e. The Hall–Kier alpha value is -1.93. The highest BCUT2D eigenvalue weighted by Gasteiger charge is 2.20. The summed E-state index contributed by atoms with van der Waals surface area (Å²) < 4.78 is 65.3. The normalized spacial score (nSPS) is 11.4. The molecule has 4 nitrogen and oxygen atoms in total. The number of anilines is 2. The van der Waals surface area contributed by atoms with E-state index in [1.54, 1.807) is 0 Å². The molecule has 0 bridgehead atoms. The monoisotopic (exact) mass is 336 g/mol. The first-order valence-electron chi connectivity index (χ1n) is 5.42. The maximum absolute atomic E-state index is 13.2. The zero-order valence-corrected chi connectivity index (χ0v) is 11.8. The maximum Gasteiger partial charge on any atom is 0.263 e. The topological polar surface area (TPSA) is 72.2 Å². The number of nitrogen functional groups attached to an aromatic ring is 1. The van der Waals surface area contributed by atoms with Crippen molar-refractivity contribution in [2.24, 2.45) is 0 Å². The lowest BCUT2D eigenvalue weighted by molar-refractivity contribution is 0.584. The van der Waals surface area contributed by atoms with Crippen LogP contribution < -0.4 is 10.5 Å². The van der Waals surface area contributed by atoms with Crippen LogP contribution in [0.3, 0.4) is 0 Å². The summed E-state index contributed by atoms with van der Waals surface area (Å²) in [6, 6.07) is 3.69. The summed E-state index contributed by atoms with van der Waals surface area (Å²) in [6.07, 6.45) is 0. The van der Waals surface area contributed by atoms with Gasteiger partial charge in [0.15, 0.2) is 0 Å². The number of nitrogens with one attached hydrogen (secondary N) is 1. The molecule has 2 rings (SSSR count). The molecule has 0 atom stereocenters. The van der Waals surface area contributed by atoms with E-state index in [-0.39, 0.29) is 5.69 Å². The van der Waals surface area contributed by atoms with Crippen molar-refractivity contribution in [2.75, 3.05) is 10.5 Å². The highest BCUT2D eigenvalue weighted by molar-refractivity contribution is 7.92. The van der Waals surface area contributed by atoms with Gasteiger partial charge in [-0.3, -0.25) is 4.72 Å². The Bertz CT molecular complexity index is 792. The van der Waals surface area contributed by atoms with Crippen LogP contribution in [0.25, 0.3) is 0 Å².